The SMILES string of the molecule is COc1ccc(CN2CCN(C3CC4(CCN(c5ccc(C(=O)NS(=O)(=O)c6cnc(NC[C@H]7CC[C@](C)(O)CC7)c([NH+](C)[O-])c6)c(Oc6cc7c(F)c[nH]c7nc6OC)c5)CC4)C3)[C@H](c3ccccc3C(C)C)C2)c(F)c1F. The molecule has 422 valence electrons. The number of nitrogens with zero attached hydrogens (tertiary/aromatic N) is 5. The molecular formula is C58H70F3N9O8S. The first kappa shape index (κ1) is 55.8. The van der Waals surface area contributed by atoms with E-state index in [0.717, 1.165) is 57.5 Å². The van der Waals surface area contributed by atoms with Crippen LogP contribution in [0.25, 0.3) is 11.0 Å². The number of halogens is 3. The van der Waals surface area contributed by atoms with Crippen molar-refractivity contribution in [1.29, 1.82) is 0 Å². The van der Waals surface area contributed by atoms with Gasteiger partial charge in [-0.05, 0) is 105 Å². The van der Waals surface area contributed by atoms with E-state index in [1.807, 2.05) is 6.92 Å². The number of fused-ring (bicyclic) bond motifs is 1. The van der Waals surface area contributed by atoms with Gasteiger partial charge in [0.25, 0.3) is 21.8 Å². The maximum absolute atomic E-state index is 15.3. The maximum atomic E-state index is 15.3. The summed E-state index contributed by atoms with van der Waals surface area (Å²) in [5.41, 5.74) is 3.01. The summed E-state index contributed by atoms with van der Waals surface area (Å²) < 4.78 is 92.1. The fraction of sp³-hybridized carbons (Fsp3) is 0.466. The molecule has 0 radical (unpaired) electrons. The molecule has 4 fully saturated rings. The molecule has 5 heterocycles. The third kappa shape index (κ3) is 11.7. The second kappa shape index (κ2) is 22.6. The van der Waals surface area contributed by atoms with Gasteiger partial charge < -0.3 is 44.8 Å². The van der Waals surface area contributed by atoms with Crippen LogP contribution in [0.1, 0.15) is 111 Å². The summed E-state index contributed by atoms with van der Waals surface area (Å²) >= 11 is 0. The molecule has 3 aromatic heterocycles. The summed E-state index contributed by atoms with van der Waals surface area (Å²) in [5.74, 6) is -2.94. The molecular weight excluding hydrogens is 1040 g/mol. The number of sulfonamides is 1. The summed E-state index contributed by atoms with van der Waals surface area (Å²) in [7, 11) is -0.618. The monoisotopic (exact) mass is 1110 g/mol. The van der Waals surface area contributed by atoms with Crippen LogP contribution >= 0.6 is 0 Å². The second-order valence-corrected chi connectivity index (χ2v) is 24.2. The normalized spacial score (nSPS) is 21.5. The number of aromatic nitrogens is 3. The van der Waals surface area contributed by atoms with Crippen molar-refractivity contribution in [2.24, 2.45) is 11.3 Å². The quantitative estimate of drug-likeness (QED) is 0.0543. The van der Waals surface area contributed by atoms with E-state index in [1.165, 1.54) is 56.7 Å². The minimum absolute atomic E-state index is 0.0112. The number of rotatable bonds is 17. The van der Waals surface area contributed by atoms with Crippen LogP contribution in [0.2, 0.25) is 0 Å². The Hall–Kier alpha value is -6.49. The zero-order chi connectivity index (χ0) is 56.0. The molecule has 17 nitrogen and oxygen atoms in total. The molecule has 4 aliphatic rings. The molecule has 21 heteroatoms. The summed E-state index contributed by atoms with van der Waals surface area (Å²) in [6.07, 6.45) is 8.88. The number of piperazine rings is 1. The number of amides is 1. The van der Waals surface area contributed by atoms with E-state index >= 15 is 4.39 Å². The predicted molar refractivity (Wildman–Crippen MR) is 294 cm³/mol. The minimum atomic E-state index is -4.62. The first-order chi connectivity index (χ1) is 37.7. The van der Waals surface area contributed by atoms with Gasteiger partial charge in [0.1, 0.15) is 22.1 Å². The van der Waals surface area contributed by atoms with Crippen molar-refractivity contribution in [2.75, 3.05) is 70.8 Å². The average molecular weight is 1110 g/mol. The number of anilines is 2. The number of hydrogen-bond donors (Lipinski definition) is 5. The van der Waals surface area contributed by atoms with Gasteiger partial charge in [-0.2, -0.15) is 9.37 Å². The van der Waals surface area contributed by atoms with Crippen molar-refractivity contribution in [3.8, 4) is 23.1 Å². The molecule has 5 N–H and O–H groups in total. The fourth-order valence-electron chi connectivity index (χ4n) is 12.2. The lowest BCUT2D eigenvalue weighted by molar-refractivity contribution is -0.751. The molecule has 1 spiro atoms. The highest BCUT2D eigenvalue weighted by atomic mass is 32.2. The number of carbonyl (C=O) groups is 1. The number of nitrogens with one attached hydrogen (secondary N) is 4. The average Bonchev–Trinajstić information content (AvgIpc) is 3.82. The van der Waals surface area contributed by atoms with Crippen LogP contribution in [-0.4, -0.2) is 116 Å². The Morgan fingerprint density at radius 2 is 1.68 bits per heavy atom. The van der Waals surface area contributed by atoms with Gasteiger partial charge in [-0.25, -0.2) is 26.9 Å². The van der Waals surface area contributed by atoms with E-state index in [0.29, 0.717) is 62.9 Å². The fourth-order valence-corrected chi connectivity index (χ4v) is 13.2. The molecule has 2 saturated carbocycles. The van der Waals surface area contributed by atoms with Crippen molar-refractivity contribution in [1.82, 2.24) is 29.5 Å². The molecule has 1 amide bonds. The van der Waals surface area contributed by atoms with Crippen LogP contribution in [0.3, 0.4) is 0 Å². The third-order valence-corrected chi connectivity index (χ3v) is 18.2. The smallest absolute Gasteiger partial charge is 0.268 e. The highest BCUT2D eigenvalue weighted by Crippen LogP contribution is 2.54. The molecule has 1 unspecified atom stereocenters. The number of hydroxylamine groups is 1. The highest BCUT2D eigenvalue weighted by molar-refractivity contribution is 7.90. The largest absolute Gasteiger partial charge is 0.629 e. The van der Waals surface area contributed by atoms with Gasteiger partial charge in [0.15, 0.2) is 28.8 Å². The Morgan fingerprint density at radius 1 is 0.937 bits per heavy atom. The predicted octanol–water partition coefficient (Wildman–Crippen LogP) is 8.73. The number of methoxy groups -OCH3 is 2. The number of quaternary nitrogens is 1. The number of benzene rings is 3. The Balaban J connectivity index is 0.858. The number of aliphatic hydroxyl groups is 1. The zero-order valence-corrected chi connectivity index (χ0v) is 46.3. The van der Waals surface area contributed by atoms with Gasteiger partial charge in [-0.3, -0.25) is 14.6 Å². The van der Waals surface area contributed by atoms with Gasteiger partial charge in [-0.1, -0.05) is 44.2 Å². The lowest BCUT2D eigenvalue weighted by atomic mass is 9.59. The first-order valence-electron chi connectivity index (χ1n) is 27.1. The molecule has 0 bridgehead atoms. The number of H-pyrrole nitrogens is 1. The topological polar surface area (TPSA) is 202 Å². The van der Waals surface area contributed by atoms with Crippen molar-refractivity contribution >= 4 is 44.2 Å². The minimum Gasteiger partial charge on any atom is -0.629 e. The van der Waals surface area contributed by atoms with E-state index in [-0.39, 0.29) is 81.1 Å². The lowest BCUT2D eigenvalue weighted by Crippen LogP contribution is -2.98. The lowest BCUT2D eigenvalue weighted by Gasteiger charge is -2.58. The van der Waals surface area contributed by atoms with Crippen molar-refractivity contribution in [2.45, 2.75) is 107 Å². The highest BCUT2D eigenvalue weighted by Gasteiger charge is 2.50. The van der Waals surface area contributed by atoms with E-state index in [1.54, 1.807) is 18.2 Å². The second-order valence-electron chi connectivity index (χ2n) is 22.6. The van der Waals surface area contributed by atoms with E-state index in [9.17, 15) is 32.3 Å². The van der Waals surface area contributed by atoms with Crippen LogP contribution < -0.4 is 34.2 Å². The summed E-state index contributed by atoms with van der Waals surface area (Å²) in [4.78, 5) is 32.4. The molecule has 2 aliphatic carbocycles. The number of pyridine rings is 2. The van der Waals surface area contributed by atoms with Gasteiger partial charge in [0.05, 0.1) is 44.0 Å². The Bertz CT molecular complexity index is 3320. The van der Waals surface area contributed by atoms with Gasteiger partial charge >= 0.3 is 0 Å². The van der Waals surface area contributed by atoms with Crippen molar-refractivity contribution < 1.29 is 50.8 Å². The van der Waals surface area contributed by atoms with Crippen molar-refractivity contribution in [3.05, 3.63) is 124 Å². The number of piperidine rings is 1. The Morgan fingerprint density at radius 3 is 2.39 bits per heavy atom. The van der Waals surface area contributed by atoms with Crippen LogP contribution in [0.15, 0.2) is 84.0 Å². The van der Waals surface area contributed by atoms with Gasteiger partial charge in [0.2, 0.25) is 5.82 Å². The molecule has 79 heavy (non-hydrogen) atoms. The zero-order valence-electron chi connectivity index (χ0n) is 45.5. The molecule has 2 atom stereocenters. The molecule has 10 rings (SSSR count). The Labute approximate surface area is 459 Å². The van der Waals surface area contributed by atoms with E-state index in [2.05, 4.69) is 77.8 Å². The third-order valence-electron chi connectivity index (χ3n) is 16.9. The number of hydrogen-bond acceptors (Lipinski definition) is 14. The van der Waals surface area contributed by atoms with Crippen LogP contribution in [0, 0.1) is 34.0 Å². The standard InChI is InChI=1S/C58H70F3N9O8S/c1-35(2)41-9-7-8-10-42(41)47-34-68(33-37-11-14-48(76-5)52(61)51(37)60)23-24-70(47)39-28-58(29-39)19-21-69(22-20-58)38-12-13-43(49(25-38)78-50-27-44-45(59)32-64-53(44)65-56(50)77-6)55(71)66-79(74,75)40-26-46(67(4)73)54(63-31-40)62-30-36-15-17-57(3,72)18-16-36/h7-14,25-27,31-32,35-36,39,47,67,72H,15-24,28-30,33-34H2,1-6H3,(H,62,63)(H,64,65)(H,66,71)/t36-,47-,57-/m0/s1. The Kier molecular flexibility index (Phi) is 15.9. The molecule has 2 aliphatic heterocycles. The van der Waals surface area contributed by atoms with E-state index < -0.39 is 48.9 Å². The van der Waals surface area contributed by atoms with Gasteiger partial charge in [0, 0.05) is 93.5 Å². The number of carbonyl (C=O) groups excluding carboxylic acids is 1. The van der Waals surface area contributed by atoms with Crippen molar-refractivity contribution in [3.63, 3.8) is 0 Å². The van der Waals surface area contributed by atoms with Crippen LogP contribution in [0.5, 0.6) is 23.1 Å². The summed E-state index contributed by atoms with van der Waals surface area (Å²) in [6.45, 7) is 10.5. The first-order valence-corrected chi connectivity index (χ1v) is 28.6. The summed E-state index contributed by atoms with van der Waals surface area (Å²) in [6, 6.07) is 19.5. The maximum Gasteiger partial charge on any atom is 0.268 e. The molecule has 2 saturated heterocycles. The number of aromatic amines is 1. The summed E-state index contributed by atoms with van der Waals surface area (Å²) in [5, 5.41) is 26.1. The van der Waals surface area contributed by atoms with Crippen LogP contribution in [0.4, 0.5) is 30.4 Å². The number of ether oxygens (including phenoxy) is 3. The molecule has 3 aromatic carbocycles. The van der Waals surface area contributed by atoms with E-state index in [4.69, 9.17) is 14.2 Å². The van der Waals surface area contributed by atoms with Crippen LogP contribution in [-0.2, 0) is 16.6 Å². The molecule has 6 aromatic rings. The van der Waals surface area contributed by atoms with Gasteiger partial charge in [-0.15, -0.1) is 0 Å².